The van der Waals surface area contributed by atoms with Crippen LogP contribution >= 0.6 is 0 Å². The Kier molecular flexibility index (Phi) is 5.89. The van der Waals surface area contributed by atoms with Gasteiger partial charge in [0, 0.05) is 5.69 Å². The van der Waals surface area contributed by atoms with Crippen molar-refractivity contribution in [3.05, 3.63) is 88.5 Å². The molecule has 0 saturated carbocycles. The molecule has 0 spiro atoms. The molecule has 1 N–H and O–H groups in total. The highest BCUT2D eigenvalue weighted by Crippen LogP contribution is 2.25. The third kappa shape index (κ3) is 4.32. The molecular formula is C25H23N3O4. The van der Waals surface area contributed by atoms with Crippen LogP contribution in [0, 0.1) is 13.8 Å². The van der Waals surface area contributed by atoms with E-state index in [0.29, 0.717) is 33.9 Å². The van der Waals surface area contributed by atoms with Crippen LogP contribution in [0.1, 0.15) is 11.4 Å². The van der Waals surface area contributed by atoms with Crippen LogP contribution in [0.3, 0.4) is 0 Å². The van der Waals surface area contributed by atoms with Crippen molar-refractivity contribution in [1.82, 2.24) is 9.55 Å². The van der Waals surface area contributed by atoms with Crippen LogP contribution < -0.4 is 20.3 Å². The largest absolute Gasteiger partial charge is 0.493 e. The molecule has 0 bridgehead atoms. The van der Waals surface area contributed by atoms with Crippen molar-refractivity contribution in [2.75, 3.05) is 19.0 Å². The van der Waals surface area contributed by atoms with E-state index in [1.165, 1.54) is 7.11 Å². The number of amides is 1. The number of para-hydroxylation sites is 2. The second kappa shape index (κ2) is 8.93. The molecule has 0 aliphatic carbocycles. The number of rotatable bonds is 6. The van der Waals surface area contributed by atoms with Gasteiger partial charge in [0.25, 0.3) is 11.5 Å². The van der Waals surface area contributed by atoms with Crippen molar-refractivity contribution >= 4 is 22.5 Å². The second-order valence-electron chi connectivity index (χ2n) is 7.35. The molecule has 0 saturated heterocycles. The van der Waals surface area contributed by atoms with E-state index in [4.69, 9.17) is 9.47 Å². The average molecular weight is 429 g/mol. The highest BCUT2D eigenvalue weighted by atomic mass is 16.5. The summed E-state index contributed by atoms with van der Waals surface area (Å²) in [6.45, 7) is 3.59. The van der Waals surface area contributed by atoms with Crippen molar-refractivity contribution in [1.29, 1.82) is 0 Å². The topological polar surface area (TPSA) is 82.4 Å². The van der Waals surface area contributed by atoms with Gasteiger partial charge in [-0.15, -0.1) is 0 Å². The first-order valence-electron chi connectivity index (χ1n) is 10.1. The van der Waals surface area contributed by atoms with E-state index in [2.05, 4.69) is 10.3 Å². The Balaban J connectivity index is 1.58. The van der Waals surface area contributed by atoms with Gasteiger partial charge in [-0.05, 0) is 56.3 Å². The Labute approximate surface area is 185 Å². The third-order valence-corrected chi connectivity index (χ3v) is 5.04. The highest BCUT2D eigenvalue weighted by Gasteiger charge is 2.12. The minimum absolute atomic E-state index is 0.196. The smallest absolute Gasteiger partial charge is 0.266 e. The monoisotopic (exact) mass is 429 g/mol. The van der Waals surface area contributed by atoms with Crippen molar-refractivity contribution in [3.8, 4) is 17.2 Å². The van der Waals surface area contributed by atoms with Gasteiger partial charge in [-0.3, -0.25) is 14.2 Å². The van der Waals surface area contributed by atoms with Gasteiger partial charge in [-0.1, -0.05) is 29.8 Å². The molecule has 162 valence electrons. The zero-order valence-electron chi connectivity index (χ0n) is 18.1. The van der Waals surface area contributed by atoms with Crippen LogP contribution in [0.5, 0.6) is 11.5 Å². The van der Waals surface area contributed by atoms with E-state index >= 15 is 0 Å². The number of hydrogen-bond acceptors (Lipinski definition) is 5. The van der Waals surface area contributed by atoms with Gasteiger partial charge in [-0.2, -0.15) is 0 Å². The molecule has 0 aliphatic heterocycles. The van der Waals surface area contributed by atoms with Crippen LogP contribution in [-0.2, 0) is 4.79 Å². The number of aromatic nitrogens is 2. The number of aryl methyl sites for hydroxylation is 2. The molecule has 3 aromatic carbocycles. The van der Waals surface area contributed by atoms with Gasteiger partial charge in [0.1, 0.15) is 5.82 Å². The number of fused-ring (bicyclic) bond motifs is 1. The number of hydrogen-bond donors (Lipinski definition) is 1. The van der Waals surface area contributed by atoms with Gasteiger partial charge in [-0.25, -0.2) is 4.98 Å². The molecule has 0 atom stereocenters. The fraction of sp³-hybridized carbons (Fsp3) is 0.160. The highest BCUT2D eigenvalue weighted by molar-refractivity contribution is 5.94. The molecular weight excluding hydrogens is 406 g/mol. The van der Waals surface area contributed by atoms with Gasteiger partial charge in [0.05, 0.1) is 23.7 Å². The number of carbonyl (C=O) groups excluding carboxylic acids is 1. The fourth-order valence-corrected chi connectivity index (χ4v) is 3.45. The first-order chi connectivity index (χ1) is 15.5. The molecule has 4 rings (SSSR count). The first-order valence-corrected chi connectivity index (χ1v) is 10.1. The lowest BCUT2D eigenvalue weighted by Crippen LogP contribution is -2.23. The quantitative estimate of drug-likeness (QED) is 0.500. The maximum absolute atomic E-state index is 13.2. The predicted octanol–water partition coefficient (Wildman–Crippen LogP) is 4.03. The molecule has 7 heteroatoms. The zero-order valence-corrected chi connectivity index (χ0v) is 18.1. The molecule has 32 heavy (non-hydrogen) atoms. The van der Waals surface area contributed by atoms with E-state index in [-0.39, 0.29) is 18.1 Å². The van der Waals surface area contributed by atoms with Crippen LogP contribution in [0.2, 0.25) is 0 Å². The minimum Gasteiger partial charge on any atom is -0.493 e. The van der Waals surface area contributed by atoms with Crippen LogP contribution in [-0.4, -0.2) is 29.2 Å². The van der Waals surface area contributed by atoms with E-state index in [9.17, 15) is 9.59 Å². The third-order valence-electron chi connectivity index (χ3n) is 5.04. The number of methoxy groups -OCH3 is 1. The molecule has 0 radical (unpaired) electrons. The van der Waals surface area contributed by atoms with Crippen molar-refractivity contribution < 1.29 is 14.3 Å². The predicted molar refractivity (Wildman–Crippen MR) is 124 cm³/mol. The summed E-state index contributed by atoms with van der Waals surface area (Å²) in [7, 11) is 1.54. The summed E-state index contributed by atoms with van der Waals surface area (Å²) in [5, 5.41) is 3.19. The molecule has 4 aromatic rings. The Morgan fingerprint density at radius 2 is 1.72 bits per heavy atom. The summed E-state index contributed by atoms with van der Waals surface area (Å²) in [6.07, 6.45) is 0. The lowest BCUT2D eigenvalue weighted by molar-refractivity contribution is -0.118. The standard InChI is InChI=1S/C25H23N3O4/c1-16-8-11-19(12-9-16)28-17(2)26-21-13-10-18(14-20(21)25(28)30)27-24(29)15-32-23-7-5-4-6-22(23)31-3/h4-14H,15H2,1-3H3,(H,27,29). The summed E-state index contributed by atoms with van der Waals surface area (Å²) >= 11 is 0. The van der Waals surface area contributed by atoms with Crippen LogP contribution in [0.15, 0.2) is 71.5 Å². The zero-order chi connectivity index (χ0) is 22.7. The Morgan fingerprint density at radius 1 is 1.00 bits per heavy atom. The molecule has 0 fully saturated rings. The summed E-state index contributed by atoms with van der Waals surface area (Å²) in [6, 6.07) is 19.8. The van der Waals surface area contributed by atoms with Crippen LogP contribution in [0.25, 0.3) is 16.6 Å². The van der Waals surface area contributed by atoms with E-state index in [0.717, 1.165) is 11.3 Å². The molecule has 0 unspecified atom stereocenters. The summed E-state index contributed by atoms with van der Waals surface area (Å²) in [5.41, 5.74) is 2.71. The molecule has 1 heterocycles. The van der Waals surface area contributed by atoms with E-state index < -0.39 is 0 Å². The number of anilines is 1. The lowest BCUT2D eigenvalue weighted by atomic mass is 10.2. The molecule has 7 nitrogen and oxygen atoms in total. The summed E-state index contributed by atoms with van der Waals surface area (Å²) in [4.78, 5) is 30.2. The molecule has 1 amide bonds. The lowest BCUT2D eigenvalue weighted by Gasteiger charge is -2.13. The molecule has 0 aliphatic rings. The van der Waals surface area contributed by atoms with Crippen molar-refractivity contribution in [2.45, 2.75) is 13.8 Å². The average Bonchev–Trinajstić information content (AvgIpc) is 2.79. The number of nitrogens with one attached hydrogen (secondary N) is 1. The first kappa shape index (κ1) is 21.1. The minimum atomic E-state index is -0.353. The van der Waals surface area contributed by atoms with E-state index in [1.807, 2.05) is 37.3 Å². The second-order valence-corrected chi connectivity index (χ2v) is 7.35. The number of ether oxygens (including phenoxy) is 2. The summed E-state index contributed by atoms with van der Waals surface area (Å²) in [5.74, 6) is 1.26. The van der Waals surface area contributed by atoms with Crippen molar-refractivity contribution in [2.24, 2.45) is 0 Å². The SMILES string of the molecule is COc1ccccc1OCC(=O)Nc1ccc2nc(C)n(-c3ccc(C)cc3)c(=O)c2c1. The van der Waals surface area contributed by atoms with Gasteiger partial charge >= 0.3 is 0 Å². The number of benzene rings is 3. The van der Waals surface area contributed by atoms with E-state index in [1.54, 1.807) is 47.9 Å². The Bertz CT molecular complexity index is 1340. The summed E-state index contributed by atoms with van der Waals surface area (Å²) < 4.78 is 12.3. The van der Waals surface area contributed by atoms with Gasteiger partial charge < -0.3 is 14.8 Å². The van der Waals surface area contributed by atoms with Gasteiger partial charge in [0.15, 0.2) is 18.1 Å². The van der Waals surface area contributed by atoms with Crippen molar-refractivity contribution in [3.63, 3.8) is 0 Å². The number of carbonyl (C=O) groups is 1. The maximum Gasteiger partial charge on any atom is 0.266 e. The van der Waals surface area contributed by atoms with Crippen LogP contribution in [0.4, 0.5) is 5.69 Å². The number of nitrogens with zero attached hydrogens (tertiary/aromatic N) is 2. The fourth-order valence-electron chi connectivity index (χ4n) is 3.45. The normalized spacial score (nSPS) is 10.7. The van der Waals surface area contributed by atoms with Gasteiger partial charge in [0.2, 0.25) is 0 Å². The molecule has 1 aromatic heterocycles. The maximum atomic E-state index is 13.2. The Hall–Kier alpha value is -4.13. The Morgan fingerprint density at radius 3 is 2.44 bits per heavy atom.